The van der Waals surface area contributed by atoms with Crippen molar-refractivity contribution < 1.29 is 28.2 Å². The molecule has 228 valence electrons. The first kappa shape index (κ1) is 28.2. The summed E-state index contributed by atoms with van der Waals surface area (Å²) in [5, 5.41) is 11.8. The number of hydrogen-bond acceptors (Lipinski definition) is 8. The molecule has 2 aromatic carbocycles. The van der Waals surface area contributed by atoms with Crippen LogP contribution in [0.2, 0.25) is 0 Å². The molecule has 0 spiro atoms. The van der Waals surface area contributed by atoms with E-state index in [0.717, 1.165) is 32.4 Å². The average Bonchev–Trinajstić information content (AvgIpc) is 3.62. The maximum atomic E-state index is 14.9. The molecule has 0 radical (unpaired) electrons. The summed E-state index contributed by atoms with van der Waals surface area (Å²) in [7, 11) is 0. The molecule has 3 aromatic rings. The van der Waals surface area contributed by atoms with Crippen LogP contribution in [0, 0.1) is 11.2 Å². The van der Waals surface area contributed by atoms with Crippen molar-refractivity contribution in [2.75, 3.05) is 62.3 Å². The molecule has 1 aromatic heterocycles. The first-order valence-corrected chi connectivity index (χ1v) is 15.3. The Morgan fingerprint density at radius 2 is 2.02 bits per heavy atom. The summed E-state index contributed by atoms with van der Waals surface area (Å²) in [5.41, 5.74) is 1.82. The second kappa shape index (κ2) is 11.2. The molecule has 0 unspecified atom stereocenters. The zero-order valence-corrected chi connectivity index (χ0v) is 24.5. The highest BCUT2D eigenvalue weighted by atomic mass is 19.1. The number of aryl methyl sites for hydroxylation is 1. The van der Waals surface area contributed by atoms with Crippen LogP contribution in [-0.2, 0) is 17.7 Å². The summed E-state index contributed by atoms with van der Waals surface area (Å²) in [4.78, 5) is 29.5. The van der Waals surface area contributed by atoms with Gasteiger partial charge in [-0.25, -0.2) is 8.78 Å². The minimum absolute atomic E-state index is 0.00766. The largest absolute Gasteiger partial charge is 0.508 e. The van der Waals surface area contributed by atoms with Crippen LogP contribution in [0.25, 0.3) is 10.8 Å². The highest BCUT2D eigenvalue weighted by molar-refractivity contribution is 6.16. The monoisotopic (exact) mass is 593 g/mol. The predicted molar refractivity (Wildman–Crippen MR) is 158 cm³/mol. The molecule has 4 aliphatic rings. The van der Waals surface area contributed by atoms with E-state index in [4.69, 9.17) is 19.4 Å². The maximum Gasteiger partial charge on any atom is 0.318 e. The Kier molecular flexibility index (Phi) is 7.33. The van der Waals surface area contributed by atoms with Crippen LogP contribution in [0.1, 0.15) is 54.2 Å². The van der Waals surface area contributed by atoms with Crippen LogP contribution in [0.4, 0.5) is 20.3 Å². The molecule has 3 fully saturated rings. The van der Waals surface area contributed by atoms with Gasteiger partial charge >= 0.3 is 6.01 Å². The number of rotatable bonds is 8. The fraction of sp³-hybridized carbons (Fsp3) is 0.531. The van der Waals surface area contributed by atoms with E-state index >= 15 is 0 Å². The lowest BCUT2D eigenvalue weighted by atomic mass is 9.99. The predicted octanol–water partition coefficient (Wildman–Crippen LogP) is 4.63. The molecule has 2 saturated heterocycles. The van der Waals surface area contributed by atoms with Crippen LogP contribution < -0.4 is 14.5 Å². The minimum Gasteiger partial charge on any atom is -0.508 e. The van der Waals surface area contributed by atoms with Crippen molar-refractivity contribution in [3.8, 4) is 11.8 Å². The van der Waals surface area contributed by atoms with Crippen molar-refractivity contribution in [2.24, 2.45) is 5.41 Å². The summed E-state index contributed by atoms with van der Waals surface area (Å²) >= 11 is 0. The lowest BCUT2D eigenvalue weighted by Gasteiger charge is -2.25. The van der Waals surface area contributed by atoms with Crippen LogP contribution in [0.15, 0.2) is 24.3 Å². The number of nitrogens with zero attached hydrogens (tertiary/aromatic N) is 5. The highest BCUT2D eigenvalue weighted by Gasteiger charge is 2.46. The summed E-state index contributed by atoms with van der Waals surface area (Å²) < 4.78 is 40.6. The van der Waals surface area contributed by atoms with Crippen LogP contribution in [0.5, 0.6) is 11.8 Å². The van der Waals surface area contributed by atoms with Crippen molar-refractivity contribution >= 4 is 28.2 Å². The normalized spacial score (nSPS) is 21.8. The number of phenols is 1. The lowest BCUT2D eigenvalue weighted by Crippen LogP contribution is -2.32. The van der Waals surface area contributed by atoms with Crippen molar-refractivity contribution in [1.82, 2.24) is 14.9 Å². The van der Waals surface area contributed by atoms with Gasteiger partial charge in [-0.15, -0.1) is 0 Å². The zero-order chi connectivity index (χ0) is 29.7. The number of aromatic hydroxyl groups is 1. The second-order valence-corrected chi connectivity index (χ2v) is 12.3. The van der Waals surface area contributed by atoms with Gasteiger partial charge in [-0.1, -0.05) is 13.0 Å². The van der Waals surface area contributed by atoms with E-state index in [0.29, 0.717) is 91.4 Å². The summed E-state index contributed by atoms with van der Waals surface area (Å²) in [6.07, 6.45) is 3.06. The molecule has 1 saturated carbocycles. The van der Waals surface area contributed by atoms with E-state index in [1.807, 2.05) is 6.92 Å². The standard InChI is InChI=1S/C32H37F2N5O4/c1-2-23-24(34)5-4-20-14-22(40)15-26(27(20)23)39-17-25-28(30(39)41)29(38-9-3-12-42-13-11-38)36-31(35-25)43-19-32(7-8-32)18-37-10-6-21(33)16-37/h4-5,14-15,21,40H,2-3,6-13,16-19H2,1H3/t21-/m0/s1. The number of carbonyl (C=O) groups is 1. The SMILES string of the molecule is CCc1c(F)ccc2cc(O)cc(N3Cc4nc(OCC5(CN6CC[C@H](F)C6)CC5)nc(N5CCCOCC5)c4C3=O)c12. The molecule has 3 aliphatic heterocycles. The Labute approximate surface area is 249 Å². The Hall–Kier alpha value is -3.57. The van der Waals surface area contributed by atoms with Gasteiger partial charge in [0.25, 0.3) is 5.91 Å². The van der Waals surface area contributed by atoms with E-state index in [9.17, 15) is 18.7 Å². The Morgan fingerprint density at radius 1 is 1.16 bits per heavy atom. The smallest absolute Gasteiger partial charge is 0.318 e. The van der Waals surface area contributed by atoms with E-state index < -0.39 is 6.17 Å². The Morgan fingerprint density at radius 3 is 2.79 bits per heavy atom. The third-order valence-corrected chi connectivity index (χ3v) is 9.25. The number of likely N-dealkylation sites (tertiary alicyclic amines) is 1. The number of ether oxygens (including phenoxy) is 2. The number of phenolic OH excluding ortho intramolecular Hbond substituents is 1. The van der Waals surface area contributed by atoms with Crippen LogP contribution in [-0.4, -0.2) is 84.6 Å². The van der Waals surface area contributed by atoms with Crippen LogP contribution >= 0.6 is 0 Å². The van der Waals surface area contributed by atoms with E-state index in [1.54, 1.807) is 17.0 Å². The fourth-order valence-electron chi connectivity index (χ4n) is 6.79. The molecule has 43 heavy (non-hydrogen) atoms. The molecule has 4 heterocycles. The number of fused-ring (bicyclic) bond motifs is 2. The molecule has 1 amide bonds. The number of anilines is 2. The Balaban J connectivity index is 1.23. The van der Waals surface area contributed by atoms with Gasteiger partial charge in [0.05, 0.1) is 31.1 Å². The van der Waals surface area contributed by atoms with Gasteiger partial charge < -0.3 is 24.4 Å². The number of amides is 1. The lowest BCUT2D eigenvalue weighted by molar-refractivity contribution is 0.0996. The number of aromatic nitrogens is 2. The molecule has 7 rings (SSSR count). The van der Waals surface area contributed by atoms with Gasteiger partial charge in [0.2, 0.25) is 0 Å². The first-order chi connectivity index (χ1) is 20.8. The van der Waals surface area contributed by atoms with Crippen LogP contribution in [0.3, 0.4) is 0 Å². The van der Waals surface area contributed by atoms with Gasteiger partial charge in [0.1, 0.15) is 29.1 Å². The number of hydrogen-bond donors (Lipinski definition) is 1. The quantitative estimate of drug-likeness (QED) is 0.405. The highest BCUT2D eigenvalue weighted by Crippen LogP contribution is 2.47. The number of carbonyl (C=O) groups excluding carboxylic acids is 1. The Bertz CT molecular complexity index is 1560. The zero-order valence-electron chi connectivity index (χ0n) is 24.5. The maximum absolute atomic E-state index is 14.9. The van der Waals surface area contributed by atoms with E-state index in [2.05, 4.69) is 9.80 Å². The van der Waals surface area contributed by atoms with Crippen molar-refractivity contribution in [3.63, 3.8) is 0 Å². The first-order valence-electron chi connectivity index (χ1n) is 15.3. The van der Waals surface area contributed by atoms with Crippen molar-refractivity contribution in [2.45, 2.75) is 51.7 Å². The minimum atomic E-state index is -0.758. The van der Waals surface area contributed by atoms with Crippen molar-refractivity contribution in [1.29, 1.82) is 0 Å². The molecule has 1 aliphatic carbocycles. The third-order valence-electron chi connectivity index (χ3n) is 9.25. The average molecular weight is 594 g/mol. The molecule has 1 atom stereocenters. The number of halogens is 2. The van der Waals surface area contributed by atoms with Gasteiger partial charge in [-0.2, -0.15) is 9.97 Å². The molecule has 1 N–H and O–H groups in total. The molecule has 9 nitrogen and oxygen atoms in total. The van der Waals surface area contributed by atoms with Gasteiger partial charge in [0.15, 0.2) is 0 Å². The van der Waals surface area contributed by atoms with E-state index in [1.165, 1.54) is 12.1 Å². The number of benzene rings is 2. The van der Waals surface area contributed by atoms with Gasteiger partial charge in [-0.05, 0) is 55.2 Å². The molecular formula is C32H37F2N5O4. The third kappa shape index (κ3) is 5.37. The summed E-state index contributed by atoms with van der Waals surface area (Å²) in [6.45, 7) is 6.85. The van der Waals surface area contributed by atoms with Gasteiger partial charge in [-0.3, -0.25) is 9.69 Å². The second-order valence-electron chi connectivity index (χ2n) is 12.3. The molecular weight excluding hydrogens is 556 g/mol. The molecule has 0 bridgehead atoms. The fourth-order valence-corrected chi connectivity index (χ4v) is 6.79. The van der Waals surface area contributed by atoms with Crippen molar-refractivity contribution in [3.05, 3.63) is 46.9 Å². The molecule has 11 heteroatoms. The van der Waals surface area contributed by atoms with E-state index in [-0.39, 0.29) is 35.4 Å². The topological polar surface area (TPSA) is 91.3 Å². The summed E-state index contributed by atoms with van der Waals surface area (Å²) in [5.74, 6) is -0.147. The summed E-state index contributed by atoms with van der Waals surface area (Å²) in [6, 6.07) is 6.34. The number of alkyl halides is 1. The van der Waals surface area contributed by atoms with Gasteiger partial charge in [0, 0.05) is 56.2 Å².